The summed E-state index contributed by atoms with van der Waals surface area (Å²) in [4.78, 5) is 155. The lowest BCUT2D eigenvalue weighted by molar-refractivity contribution is -0.157. The average molecular weight is 1630 g/mol. The number of nitrogens with zero attached hydrogens (tertiary/aromatic N) is 6. The number of pyridine rings is 2. The average Bonchev–Trinajstić information content (AvgIpc) is 1.58. The number of ketones is 3. The highest BCUT2D eigenvalue weighted by Crippen LogP contribution is 2.59. The van der Waals surface area contributed by atoms with Gasteiger partial charge < -0.3 is 53.5 Å². The van der Waals surface area contributed by atoms with Gasteiger partial charge in [0.15, 0.2) is 24.0 Å². The number of thiazole rings is 2. The second kappa shape index (κ2) is 33.8. The summed E-state index contributed by atoms with van der Waals surface area (Å²) >= 11 is 3.08. The van der Waals surface area contributed by atoms with Gasteiger partial charge in [0.05, 0.1) is 105 Å². The third-order valence-corrected chi connectivity index (χ3v) is 26.3. The molecular formula is C89H108N6O19S2. The maximum Gasteiger partial charge on any atom is 0.341 e. The number of allylic oxidation sites excluding steroid dienone is 2. The van der Waals surface area contributed by atoms with Crippen molar-refractivity contribution in [3.05, 3.63) is 94.6 Å². The van der Waals surface area contributed by atoms with Crippen LogP contribution in [0.3, 0.4) is 0 Å². The standard InChI is InChI=1S/C45H55N3O9S.C44H53N3O10S/c1-8-28-19-45(28,43(53)54)20-38(50)37-16-31(21-48(37)42(52)33(44(5,6)7)17-41(51)57-30-13-26-12-27(26)14-30)56-39-18-35(36-23-58-40(47-36)11-24(2)3)46-34-15-29(9-10-32(34)39)55-22-25(4)49;1-7-26-18-44(26,42(53)54)19-36(48)35-15-29(20-47(35)41(52)31(43(4,5)6)16-40(51)57-28-12-24-11-25(24)13-28)56-37-17-33(34-22-58-38(46-34)10-23(2)3)45-32-14-27(8-9-30(32)37)55-21-39(49)50/h8-10,15,18,23-24,26-28,30-31,33,37H,1,11-14,16-17,19-22H2,2-7H3,(H,53,54);7-9,14,17,22-26,28-29,31,35H,1,10-13,15-16,18-21H2,2-6H3,(H,49,50)(H,53,54)/t26-,27+,28?,30?,31?,33-,37+,45-;24-,25+,26?,28?,29?,31-,35+,44-/m11/s1. The number of likely N-dealkylation sites (tertiary alicyclic amines) is 2. The van der Waals surface area contributed by atoms with E-state index in [9.17, 15) is 63.3 Å². The van der Waals surface area contributed by atoms with E-state index < -0.39 is 94.2 Å². The van der Waals surface area contributed by atoms with E-state index in [2.05, 4.69) is 40.9 Å². The van der Waals surface area contributed by atoms with Crippen LogP contribution >= 0.6 is 22.7 Å². The fourth-order valence-electron chi connectivity index (χ4n) is 17.7. The molecule has 0 radical (unpaired) electrons. The minimum absolute atomic E-state index is 0.0159. The molecule has 0 bridgehead atoms. The number of hydrogen-bond acceptors (Lipinski definition) is 22. The van der Waals surface area contributed by atoms with Crippen molar-refractivity contribution in [1.29, 1.82) is 0 Å². The van der Waals surface area contributed by atoms with Crippen LogP contribution in [-0.4, -0.2) is 167 Å². The van der Waals surface area contributed by atoms with Crippen molar-refractivity contribution >= 4 is 103 Å². The monoisotopic (exact) mass is 1630 g/mol. The number of carboxylic acids is 3. The summed E-state index contributed by atoms with van der Waals surface area (Å²) in [5.41, 5.74) is -0.476. The molecule has 6 aromatic rings. The number of esters is 2. The Morgan fingerprint density at radius 1 is 0.526 bits per heavy atom. The Labute approximate surface area is 684 Å². The van der Waals surface area contributed by atoms with Crippen LogP contribution in [0, 0.1) is 80.8 Å². The number of hydrogen-bond donors (Lipinski definition) is 3. The molecule has 2 aliphatic heterocycles. The molecule has 116 heavy (non-hydrogen) atoms. The van der Waals surface area contributed by atoms with Crippen molar-refractivity contribution in [1.82, 2.24) is 29.7 Å². The first-order valence-corrected chi connectivity index (χ1v) is 42.5. The molecule has 8 aliphatic rings. The molecule has 14 rings (SSSR count). The molecule has 8 fully saturated rings. The first kappa shape index (κ1) is 84.4. The summed E-state index contributed by atoms with van der Waals surface area (Å²) in [6.07, 6.45) is 8.97. The van der Waals surface area contributed by atoms with E-state index in [4.69, 9.17) is 48.4 Å². The molecule has 2 saturated heterocycles. The summed E-state index contributed by atoms with van der Waals surface area (Å²) < 4.78 is 36.4. The summed E-state index contributed by atoms with van der Waals surface area (Å²) in [5, 5.41) is 36.6. The molecule has 6 heterocycles. The lowest BCUT2D eigenvalue weighted by Crippen LogP contribution is -2.48. The van der Waals surface area contributed by atoms with Crippen molar-refractivity contribution in [2.75, 3.05) is 26.3 Å². The number of fused-ring (bicyclic) bond motifs is 4. The fourth-order valence-corrected chi connectivity index (χ4v) is 19.7. The maximum absolute atomic E-state index is 14.8. The first-order valence-electron chi connectivity index (χ1n) is 40.7. The Bertz CT molecular complexity index is 4520. The van der Waals surface area contributed by atoms with Gasteiger partial charge in [-0.05, 0) is 141 Å². The molecule has 6 aliphatic carbocycles. The van der Waals surface area contributed by atoms with Crippen molar-refractivity contribution in [3.63, 3.8) is 0 Å². The smallest absolute Gasteiger partial charge is 0.341 e. The van der Waals surface area contributed by atoms with Crippen LogP contribution in [0.25, 0.3) is 44.6 Å². The molecule has 2 aromatic carbocycles. The number of carbonyl (C=O) groups excluding carboxylic acids is 7. The minimum atomic E-state index is -1.28. The van der Waals surface area contributed by atoms with E-state index in [-0.39, 0.29) is 118 Å². The predicted octanol–water partition coefficient (Wildman–Crippen LogP) is 14.5. The van der Waals surface area contributed by atoms with Gasteiger partial charge in [0.25, 0.3) is 0 Å². The zero-order valence-electron chi connectivity index (χ0n) is 68.1. The van der Waals surface area contributed by atoms with E-state index in [1.165, 1.54) is 40.9 Å². The van der Waals surface area contributed by atoms with Gasteiger partial charge in [-0.1, -0.05) is 81.4 Å². The number of aromatic nitrogens is 4. The lowest BCUT2D eigenvalue weighted by Gasteiger charge is -2.35. The van der Waals surface area contributed by atoms with E-state index in [1.54, 1.807) is 66.0 Å². The highest BCUT2D eigenvalue weighted by atomic mass is 32.1. The molecule has 2 amide bonds. The molecule has 25 nitrogen and oxygen atoms in total. The van der Waals surface area contributed by atoms with Gasteiger partial charge in [-0.15, -0.1) is 35.8 Å². The van der Waals surface area contributed by atoms with Gasteiger partial charge in [-0.3, -0.25) is 43.2 Å². The van der Waals surface area contributed by atoms with Crippen molar-refractivity contribution in [3.8, 4) is 45.8 Å². The molecular weight excluding hydrogens is 1520 g/mol. The lowest BCUT2D eigenvalue weighted by atomic mass is 9.77. The summed E-state index contributed by atoms with van der Waals surface area (Å²) in [5.74, 6) is -3.10. The normalized spacial score (nSPS) is 26.6. The topological polar surface area (TPSA) is 345 Å². The summed E-state index contributed by atoms with van der Waals surface area (Å²) in [6.45, 7) is 28.3. The second-order valence-corrected chi connectivity index (χ2v) is 38.6. The number of benzene rings is 2. The molecule has 27 heteroatoms. The molecule has 620 valence electrons. The summed E-state index contributed by atoms with van der Waals surface area (Å²) in [7, 11) is 0. The molecule has 6 unspecified atom stereocenters. The number of ether oxygens (including phenoxy) is 6. The quantitative estimate of drug-likeness (QED) is 0.0249. The maximum atomic E-state index is 14.8. The van der Waals surface area contributed by atoms with E-state index >= 15 is 0 Å². The van der Waals surface area contributed by atoms with Gasteiger partial charge in [0, 0.05) is 84.3 Å². The van der Waals surface area contributed by atoms with E-state index in [0.29, 0.717) is 110 Å². The van der Waals surface area contributed by atoms with Gasteiger partial charge in [-0.25, -0.2) is 24.7 Å². The second-order valence-electron chi connectivity index (χ2n) is 36.7. The third-order valence-electron chi connectivity index (χ3n) is 24.6. The largest absolute Gasteiger partial charge is 0.488 e. The zero-order valence-corrected chi connectivity index (χ0v) is 69.7. The SMILES string of the molecule is C=CC1C[C@]1(CC(=O)[C@@H]1CC(Oc2cc(-c3csc(CC(C)C)n3)nc3cc(OCC(=O)O)ccc23)CN1C(=O)[C@@H](CC(=O)OC1C[C@@H]2C[C@@H]2C1)C(C)(C)C)C(=O)O.C=CC1C[C@]1(CC(=O)[C@@H]1CC(Oc2cc(-c3csc(CC(C)C)n3)nc3cc(OCC(C)=O)ccc23)CN1C(=O)[C@@H](CC(=O)OC1C[C@@H]2C[C@@H]2C1)C(C)(C)C)C(=O)O. The van der Waals surface area contributed by atoms with Crippen molar-refractivity contribution in [2.24, 2.45) is 80.8 Å². The van der Waals surface area contributed by atoms with Gasteiger partial charge >= 0.3 is 29.8 Å². The Balaban J connectivity index is 0.000000202. The van der Waals surface area contributed by atoms with Crippen LogP contribution in [0.5, 0.6) is 23.0 Å². The summed E-state index contributed by atoms with van der Waals surface area (Å²) in [6, 6.07) is 11.9. The van der Waals surface area contributed by atoms with E-state index in [0.717, 1.165) is 48.5 Å². The van der Waals surface area contributed by atoms with E-state index in [1.807, 2.05) is 58.4 Å². The van der Waals surface area contributed by atoms with Crippen LogP contribution in [-0.2, 0) is 70.3 Å². The van der Waals surface area contributed by atoms with Crippen molar-refractivity contribution in [2.45, 2.75) is 215 Å². The highest BCUT2D eigenvalue weighted by Gasteiger charge is 2.63. The Morgan fingerprint density at radius 2 is 0.914 bits per heavy atom. The molecule has 16 atom stereocenters. The number of carbonyl (C=O) groups is 10. The van der Waals surface area contributed by atoms with Crippen LogP contribution in [0.2, 0.25) is 0 Å². The minimum Gasteiger partial charge on any atom is -0.488 e. The predicted molar refractivity (Wildman–Crippen MR) is 434 cm³/mol. The van der Waals surface area contributed by atoms with Crippen LogP contribution in [0.4, 0.5) is 0 Å². The molecule has 3 N–H and O–H groups in total. The van der Waals surface area contributed by atoms with Gasteiger partial charge in [-0.2, -0.15) is 0 Å². The third kappa shape index (κ3) is 19.4. The van der Waals surface area contributed by atoms with Crippen LogP contribution < -0.4 is 18.9 Å². The van der Waals surface area contributed by atoms with Crippen molar-refractivity contribution < 1.29 is 91.7 Å². The number of amides is 2. The first-order chi connectivity index (χ1) is 54.9. The zero-order chi connectivity index (χ0) is 83.4. The van der Waals surface area contributed by atoms with Crippen LogP contribution in [0.15, 0.2) is 84.6 Å². The Kier molecular flexibility index (Phi) is 24.6. The molecule has 6 saturated carbocycles. The number of carboxylic acid groups (broad SMARTS) is 3. The van der Waals surface area contributed by atoms with Gasteiger partial charge in [0.2, 0.25) is 11.8 Å². The number of aliphatic carboxylic acids is 3. The fraction of sp³-hybridized carbons (Fsp3) is 0.573. The highest BCUT2D eigenvalue weighted by molar-refractivity contribution is 7.10. The molecule has 0 spiro atoms. The Hall–Kier alpha value is -9.50. The van der Waals surface area contributed by atoms with Gasteiger partial charge in [0.1, 0.15) is 54.0 Å². The molecule has 4 aromatic heterocycles. The Morgan fingerprint density at radius 3 is 1.25 bits per heavy atom. The number of Topliss-reactive ketones (excluding diaryl/α,β-unsaturated/α-hetero) is 3. The number of rotatable bonds is 34. The van der Waals surface area contributed by atoms with Crippen LogP contribution in [0.1, 0.15) is 176 Å².